The van der Waals surface area contributed by atoms with Crippen molar-refractivity contribution < 1.29 is 4.79 Å². The Kier molecular flexibility index (Phi) is 3.95. The van der Waals surface area contributed by atoms with Crippen molar-refractivity contribution in [2.75, 3.05) is 6.54 Å². The van der Waals surface area contributed by atoms with Crippen LogP contribution in [0.15, 0.2) is 24.3 Å². The fourth-order valence-corrected chi connectivity index (χ4v) is 5.56. The second-order valence-corrected chi connectivity index (χ2v) is 8.24. The summed E-state index contributed by atoms with van der Waals surface area (Å²) in [7, 11) is 0. The molecule has 1 aromatic heterocycles. The molecule has 0 bridgehead atoms. The second kappa shape index (κ2) is 5.99. The summed E-state index contributed by atoms with van der Waals surface area (Å²) in [5, 5.41) is 0.966. The first-order chi connectivity index (χ1) is 11.6. The lowest BCUT2D eigenvalue weighted by atomic mass is 9.94. The van der Waals surface area contributed by atoms with Crippen molar-refractivity contribution in [2.45, 2.75) is 57.9 Å². The Bertz CT molecular complexity index is 768. The summed E-state index contributed by atoms with van der Waals surface area (Å²) in [5.41, 5.74) is 3.37. The van der Waals surface area contributed by atoms with Gasteiger partial charge in [-0.25, -0.2) is 4.98 Å². The molecule has 2 fully saturated rings. The molecule has 1 spiro atoms. The number of nitrogens with zero attached hydrogens (tertiary/aromatic N) is 2. The summed E-state index contributed by atoms with van der Waals surface area (Å²) in [6.07, 6.45) is 7.22. The monoisotopic (exact) mass is 340 g/mol. The Morgan fingerprint density at radius 1 is 1.12 bits per heavy atom. The van der Waals surface area contributed by atoms with Gasteiger partial charge in [0.05, 0.1) is 5.69 Å². The Labute approximate surface area is 147 Å². The maximum absolute atomic E-state index is 13.3. The van der Waals surface area contributed by atoms with Gasteiger partial charge in [-0.15, -0.1) is 11.3 Å². The minimum Gasteiger partial charge on any atom is -0.332 e. The van der Waals surface area contributed by atoms with E-state index in [4.69, 9.17) is 4.98 Å². The summed E-state index contributed by atoms with van der Waals surface area (Å²) >= 11 is 1.56. The highest BCUT2D eigenvalue weighted by atomic mass is 32.1. The highest BCUT2D eigenvalue weighted by Gasteiger charge is 2.46. The van der Waals surface area contributed by atoms with Crippen LogP contribution in [0.4, 0.5) is 0 Å². The summed E-state index contributed by atoms with van der Waals surface area (Å²) in [6, 6.07) is 8.27. The molecule has 0 unspecified atom stereocenters. The zero-order valence-corrected chi connectivity index (χ0v) is 15.3. The molecule has 1 saturated carbocycles. The van der Waals surface area contributed by atoms with E-state index in [0.29, 0.717) is 0 Å². The second-order valence-electron chi connectivity index (χ2n) is 7.24. The first-order valence-corrected chi connectivity index (χ1v) is 9.78. The number of rotatable bonds is 2. The van der Waals surface area contributed by atoms with E-state index in [1.807, 2.05) is 19.1 Å². The van der Waals surface area contributed by atoms with Crippen molar-refractivity contribution in [2.24, 2.45) is 0 Å². The van der Waals surface area contributed by atoms with Crippen LogP contribution in [0.25, 0.3) is 10.6 Å². The number of aromatic nitrogens is 1. The van der Waals surface area contributed by atoms with E-state index in [9.17, 15) is 4.79 Å². The molecule has 4 rings (SSSR count). The number of hydrogen-bond donors (Lipinski definition) is 0. The zero-order chi connectivity index (χ0) is 16.7. The molecule has 1 amide bonds. The van der Waals surface area contributed by atoms with Gasteiger partial charge in [-0.2, -0.15) is 0 Å². The molecule has 0 atom stereocenters. The van der Waals surface area contributed by atoms with Crippen LogP contribution in [0.3, 0.4) is 0 Å². The lowest BCUT2D eigenvalue weighted by molar-refractivity contribution is 0.0608. The van der Waals surface area contributed by atoms with Crippen molar-refractivity contribution in [3.63, 3.8) is 0 Å². The Morgan fingerprint density at radius 3 is 2.58 bits per heavy atom. The average molecular weight is 340 g/mol. The molecule has 4 heteroatoms. The largest absolute Gasteiger partial charge is 0.332 e. The quantitative estimate of drug-likeness (QED) is 0.773. The Balaban J connectivity index is 1.67. The van der Waals surface area contributed by atoms with Crippen LogP contribution in [-0.2, 0) is 0 Å². The van der Waals surface area contributed by atoms with E-state index in [2.05, 4.69) is 24.0 Å². The summed E-state index contributed by atoms with van der Waals surface area (Å²) in [4.78, 5) is 21.0. The maximum atomic E-state index is 13.3. The smallest absolute Gasteiger partial charge is 0.266 e. The van der Waals surface area contributed by atoms with Gasteiger partial charge < -0.3 is 4.90 Å². The van der Waals surface area contributed by atoms with E-state index >= 15 is 0 Å². The number of likely N-dealkylation sites (tertiary alicyclic amines) is 1. The van der Waals surface area contributed by atoms with Crippen molar-refractivity contribution in [1.82, 2.24) is 9.88 Å². The number of thiazole rings is 1. The van der Waals surface area contributed by atoms with Gasteiger partial charge in [0.1, 0.15) is 9.88 Å². The number of carbonyl (C=O) groups excluding carboxylic acids is 1. The molecule has 2 aromatic rings. The number of carbonyl (C=O) groups is 1. The topological polar surface area (TPSA) is 33.2 Å². The molecule has 3 nitrogen and oxygen atoms in total. The van der Waals surface area contributed by atoms with Gasteiger partial charge in [-0.3, -0.25) is 4.79 Å². The SMILES string of the molecule is Cc1ccccc1-c1nc(C)c(C(=O)N2CCCC23CCCC3)s1. The van der Waals surface area contributed by atoms with E-state index in [-0.39, 0.29) is 11.4 Å². The van der Waals surface area contributed by atoms with Crippen LogP contribution in [0.2, 0.25) is 0 Å². The lowest BCUT2D eigenvalue weighted by Gasteiger charge is -2.35. The van der Waals surface area contributed by atoms with Crippen LogP contribution in [-0.4, -0.2) is 27.9 Å². The van der Waals surface area contributed by atoms with E-state index in [1.54, 1.807) is 11.3 Å². The molecule has 24 heavy (non-hydrogen) atoms. The highest BCUT2D eigenvalue weighted by molar-refractivity contribution is 7.17. The Hall–Kier alpha value is -1.68. The third-order valence-electron chi connectivity index (χ3n) is 5.74. The number of hydrogen-bond acceptors (Lipinski definition) is 3. The summed E-state index contributed by atoms with van der Waals surface area (Å²) in [5.74, 6) is 0.212. The Morgan fingerprint density at radius 2 is 1.83 bits per heavy atom. The van der Waals surface area contributed by atoms with Gasteiger partial charge in [0.2, 0.25) is 0 Å². The fraction of sp³-hybridized carbons (Fsp3) is 0.500. The molecule has 2 aliphatic rings. The van der Waals surface area contributed by atoms with Crippen LogP contribution >= 0.6 is 11.3 Å². The van der Waals surface area contributed by atoms with Crippen LogP contribution in [0.5, 0.6) is 0 Å². The first kappa shape index (κ1) is 15.8. The van der Waals surface area contributed by atoms with E-state index in [0.717, 1.165) is 34.1 Å². The molecule has 1 aliphatic carbocycles. The minimum absolute atomic E-state index is 0.149. The molecule has 126 valence electrons. The molecule has 0 N–H and O–H groups in total. The molecule has 0 radical (unpaired) electrons. The molecule has 1 saturated heterocycles. The highest BCUT2D eigenvalue weighted by Crippen LogP contribution is 2.44. The predicted octanol–water partition coefficient (Wildman–Crippen LogP) is 4.98. The average Bonchev–Trinajstić information content (AvgIpc) is 3.29. The number of amides is 1. The number of aryl methyl sites for hydroxylation is 2. The van der Waals surface area contributed by atoms with Crippen molar-refractivity contribution in [3.05, 3.63) is 40.4 Å². The summed E-state index contributed by atoms with van der Waals surface area (Å²) < 4.78 is 0. The predicted molar refractivity (Wildman–Crippen MR) is 98.5 cm³/mol. The van der Waals surface area contributed by atoms with E-state index < -0.39 is 0 Å². The zero-order valence-electron chi connectivity index (χ0n) is 14.5. The molecular formula is C20H24N2OS. The molecule has 2 heterocycles. The minimum atomic E-state index is 0.149. The first-order valence-electron chi connectivity index (χ1n) is 8.96. The maximum Gasteiger partial charge on any atom is 0.266 e. The van der Waals surface area contributed by atoms with Crippen molar-refractivity contribution in [1.29, 1.82) is 0 Å². The third kappa shape index (κ3) is 2.48. The van der Waals surface area contributed by atoms with Crippen molar-refractivity contribution in [3.8, 4) is 10.6 Å². The van der Waals surface area contributed by atoms with Crippen LogP contribution < -0.4 is 0 Å². The van der Waals surface area contributed by atoms with Gasteiger partial charge in [-0.1, -0.05) is 37.1 Å². The fourth-order valence-electron chi connectivity index (χ4n) is 4.45. The summed E-state index contributed by atoms with van der Waals surface area (Å²) in [6.45, 7) is 4.99. The van der Waals surface area contributed by atoms with E-state index in [1.165, 1.54) is 37.7 Å². The standard InChI is InChI=1S/C20H24N2OS/c1-14-8-3-4-9-16(14)18-21-15(2)17(24-18)19(23)22-13-7-12-20(22)10-5-6-11-20/h3-4,8-9H,5-7,10-13H2,1-2H3. The van der Waals surface area contributed by atoms with Gasteiger partial charge in [0.15, 0.2) is 0 Å². The van der Waals surface area contributed by atoms with Gasteiger partial charge >= 0.3 is 0 Å². The molecular weight excluding hydrogens is 316 g/mol. The van der Waals surface area contributed by atoms with Gasteiger partial charge in [-0.05, 0) is 45.1 Å². The van der Waals surface area contributed by atoms with Crippen LogP contribution in [0.1, 0.15) is 59.5 Å². The van der Waals surface area contributed by atoms with Gasteiger partial charge in [0, 0.05) is 17.6 Å². The van der Waals surface area contributed by atoms with Gasteiger partial charge in [0.25, 0.3) is 5.91 Å². The van der Waals surface area contributed by atoms with Crippen LogP contribution in [0, 0.1) is 13.8 Å². The number of benzene rings is 1. The third-order valence-corrected chi connectivity index (χ3v) is 6.92. The lowest BCUT2D eigenvalue weighted by Crippen LogP contribution is -2.45. The molecule has 1 aliphatic heterocycles. The normalized spacial score (nSPS) is 19.3. The van der Waals surface area contributed by atoms with Crippen molar-refractivity contribution >= 4 is 17.2 Å². The molecule has 1 aromatic carbocycles.